The van der Waals surface area contributed by atoms with Crippen molar-refractivity contribution in [2.75, 3.05) is 0 Å². The van der Waals surface area contributed by atoms with Crippen molar-refractivity contribution in [2.24, 2.45) is 0 Å². The fraction of sp³-hybridized carbons (Fsp3) is 0. The van der Waals surface area contributed by atoms with Crippen LogP contribution >= 0.6 is 23.2 Å². The van der Waals surface area contributed by atoms with E-state index >= 15 is 0 Å². The van der Waals surface area contributed by atoms with Crippen LogP contribution in [0.3, 0.4) is 0 Å². The molecule has 0 aliphatic carbocycles. The number of hydrogen-bond acceptors (Lipinski definition) is 4. The van der Waals surface area contributed by atoms with Gasteiger partial charge in [-0.15, -0.1) is 5.10 Å². The standard InChI is InChI=1S/C4H2Cl2N6/c5-2-3(6)12(1-7-2)4-8-10-11-9-4/h1H,(H,8,9,10,11). The molecule has 0 bridgehead atoms. The zero-order chi connectivity index (χ0) is 8.55. The minimum Gasteiger partial charge on any atom is -0.253 e. The van der Waals surface area contributed by atoms with Gasteiger partial charge >= 0.3 is 0 Å². The summed E-state index contributed by atoms with van der Waals surface area (Å²) in [6.07, 6.45) is 1.41. The molecule has 0 atom stereocenters. The van der Waals surface area contributed by atoms with E-state index in [1.54, 1.807) is 0 Å². The molecule has 12 heavy (non-hydrogen) atoms. The first-order valence-corrected chi connectivity index (χ1v) is 3.67. The van der Waals surface area contributed by atoms with Gasteiger partial charge in [0.25, 0.3) is 5.95 Å². The molecule has 0 aliphatic rings. The van der Waals surface area contributed by atoms with Gasteiger partial charge in [-0.05, 0) is 5.21 Å². The van der Waals surface area contributed by atoms with Gasteiger partial charge in [0.05, 0.1) is 0 Å². The lowest BCUT2D eigenvalue weighted by molar-refractivity contribution is 0.881. The first-order chi connectivity index (χ1) is 5.79. The Hall–Kier alpha value is -1.14. The summed E-state index contributed by atoms with van der Waals surface area (Å²) in [5.74, 6) is 0.305. The molecule has 2 aromatic heterocycles. The number of rotatable bonds is 1. The van der Waals surface area contributed by atoms with E-state index in [0.29, 0.717) is 5.95 Å². The highest BCUT2D eigenvalue weighted by molar-refractivity contribution is 6.40. The van der Waals surface area contributed by atoms with Gasteiger partial charge in [-0.2, -0.15) is 5.21 Å². The van der Waals surface area contributed by atoms with E-state index in [-0.39, 0.29) is 10.3 Å². The third-order valence-corrected chi connectivity index (χ3v) is 1.95. The molecule has 2 aromatic rings. The van der Waals surface area contributed by atoms with Crippen LogP contribution in [0.25, 0.3) is 5.95 Å². The van der Waals surface area contributed by atoms with Gasteiger partial charge in [0.2, 0.25) is 0 Å². The Morgan fingerprint density at radius 3 is 2.75 bits per heavy atom. The van der Waals surface area contributed by atoms with E-state index in [2.05, 4.69) is 25.6 Å². The van der Waals surface area contributed by atoms with Crippen LogP contribution in [-0.2, 0) is 0 Å². The van der Waals surface area contributed by atoms with Crippen LogP contribution in [-0.4, -0.2) is 30.2 Å². The summed E-state index contributed by atoms with van der Waals surface area (Å²) in [7, 11) is 0. The quantitative estimate of drug-likeness (QED) is 0.743. The second kappa shape index (κ2) is 2.72. The zero-order valence-corrected chi connectivity index (χ0v) is 7.08. The Morgan fingerprint density at radius 1 is 1.42 bits per heavy atom. The maximum absolute atomic E-state index is 5.75. The second-order valence-corrected chi connectivity index (χ2v) is 2.62. The van der Waals surface area contributed by atoms with Crippen molar-refractivity contribution < 1.29 is 0 Å². The summed E-state index contributed by atoms with van der Waals surface area (Å²) in [5.41, 5.74) is 0. The smallest absolute Gasteiger partial charge is 0.253 e. The number of tetrazole rings is 1. The second-order valence-electron chi connectivity index (χ2n) is 1.91. The molecule has 0 unspecified atom stereocenters. The molecule has 8 heteroatoms. The first kappa shape index (κ1) is 7.51. The highest BCUT2D eigenvalue weighted by Gasteiger charge is 2.10. The van der Waals surface area contributed by atoms with E-state index in [4.69, 9.17) is 23.2 Å². The van der Waals surface area contributed by atoms with Gasteiger partial charge in [0.1, 0.15) is 6.33 Å². The minimum absolute atomic E-state index is 0.210. The van der Waals surface area contributed by atoms with Crippen LogP contribution in [0.15, 0.2) is 6.33 Å². The maximum Gasteiger partial charge on any atom is 0.276 e. The van der Waals surface area contributed by atoms with Gasteiger partial charge < -0.3 is 0 Å². The molecule has 6 nitrogen and oxygen atoms in total. The minimum atomic E-state index is 0.210. The molecule has 2 heterocycles. The molecular formula is C4H2Cl2N6. The van der Waals surface area contributed by atoms with Crippen LogP contribution in [0.1, 0.15) is 0 Å². The zero-order valence-electron chi connectivity index (χ0n) is 5.57. The molecule has 0 radical (unpaired) electrons. The molecule has 62 valence electrons. The van der Waals surface area contributed by atoms with Crippen molar-refractivity contribution in [1.82, 2.24) is 30.2 Å². The third kappa shape index (κ3) is 1.05. The van der Waals surface area contributed by atoms with E-state index in [1.165, 1.54) is 10.9 Å². The number of halogens is 2. The van der Waals surface area contributed by atoms with Crippen LogP contribution in [0, 0.1) is 0 Å². The number of imidazole rings is 1. The third-order valence-electron chi connectivity index (χ3n) is 1.22. The van der Waals surface area contributed by atoms with Gasteiger partial charge in [0, 0.05) is 0 Å². The average Bonchev–Trinajstić information content (AvgIpc) is 2.64. The van der Waals surface area contributed by atoms with Crippen molar-refractivity contribution in [3.63, 3.8) is 0 Å². The lowest BCUT2D eigenvalue weighted by atomic mass is 10.8. The Morgan fingerprint density at radius 2 is 2.25 bits per heavy atom. The largest absolute Gasteiger partial charge is 0.276 e. The first-order valence-electron chi connectivity index (χ1n) is 2.91. The lowest BCUT2D eigenvalue weighted by Gasteiger charge is -1.92. The molecule has 0 aromatic carbocycles. The average molecular weight is 205 g/mol. The van der Waals surface area contributed by atoms with Crippen LogP contribution in [0.4, 0.5) is 0 Å². The van der Waals surface area contributed by atoms with Gasteiger partial charge in [-0.3, -0.25) is 4.57 Å². The van der Waals surface area contributed by atoms with Crippen molar-refractivity contribution in [1.29, 1.82) is 0 Å². The molecule has 0 amide bonds. The topological polar surface area (TPSA) is 72.3 Å². The molecule has 0 saturated carbocycles. The fourth-order valence-electron chi connectivity index (χ4n) is 0.710. The highest BCUT2D eigenvalue weighted by Crippen LogP contribution is 2.20. The normalized spacial score (nSPS) is 10.5. The number of aromatic nitrogens is 6. The molecule has 0 saturated heterocycles. The van der Waals surface area contributed by atoms with E-state index in [9.17, 15) is 0 Å². The van der Waals surface area contributed by atoms with Gasteiger partial charge in [-0.25, -0.2) is 4.98 Å². The molecule has 1 N–H and O–H groups in total. The number of hydrogen-bond donors (Lipinski definition) is 1. The fourth-order valence-corrected chi connectivity index (χ4v) is 1.01. The van der Waals surface area contributed by atoms with Crippen LogP contribution < -0.4 is 0 Å². The van der Waals surface area contributed by atoms with Crippen molar-refractivity contribution >= 4 is 23.2 Å². The Labute approximate surface area is 76.5 Å². The summed E-state index contributed by atoms with van der Waals surface area (Å²) in [5, 5.41) is 13.5. The summed E-state index contributed by atoms with van der Waals surface area (Å²) in [4.78, 5) is 3.75. The van der Waals surface area contributed by atoms with E-state index < -0.39 is 0 Å². The van der Waals surface area contributed by atoms with E-state index in [0.717, 1.165) is 0 Å². The summed E-state index contributed by atoms with van der Waals surface area (Å²) in [6, 6.07) is 0. The summed E-state index contributed by atoms with van der Waals surface area (Å²) in [6.45, 7) is 0. The number of nitrogens with zero attached hydrogens (tertiary/aromatic N) is 5. The highest BCUT2D eigenvalue weighted by atomic mass is 35.5. The predicted octanol–water partition coefficient (Wildman–Crippen LogP) is 0.692. The molecule has 2 rings (SSSR count). The molecule has 0 aliphatic heterocycles. The predicted molar refractivity (Wildman–Crippen MR) is 41.3 cm³/mol. The Kier molecular flexibility index (Phi) is 1.70. The SMILES string of the molecule is Clc1ncn(-c2nn[nH]n2)c1Cl. The monoisotopic (exact) mass is 204 g/mol. The molecule has 0 spiro atoms. The number of nitrogens with one attached hydrogen (secondary N) is 1. The van der Waals surface area contributed by atoms with Crippen molar-refractivity contribution in [2.45, 2.75) is 0 Å². The molecular weight excluding hydrogens is 203 g/mol. The van der Waals surface area contributed by atoms with Gasteiger partial charge in [0.15, 0.2) is 10.3 Å². The molecule has 0 fully saturated rings. The summed E-state index contributed by atoms with van der Waals surface area (Å²) >= 11 is 11.3. The Bertz CT molecular complexity index is 378. The van der Waals surface area contributed by atoms with Crippen LogP contribution in [0.5, 0.6) is 0 Å². The van der Waals surface area contributed by atoms with Crippen molar-refractivity contribution in [3.8, 4) is 5.95 Å². The lowest BCUT2D eigenvalue weighted by Crippen LogP contribution is -1.94. The van der Waals surface area contributed by atoms with Crippen LogP contribution in [0.2, 0.25) is 10.3 Å². The number of aromatic amines is 1. The van der Waals surface area contributed by atoms with Gasteiger partial charge in [-0.1, -0.05) is 28.3 Å². The van der Waals surface area contributed by atoms with E-state index in [1.807, 2.05) is 0 Å². The number of H-pyrrole nitrogens is 1. The Balaban J connectivity index is 2.55. The maximum atomic E-state index is 5.75. The summed E-state index contributed by atoms with van der Waals surface area (Å²) < 4.78 is 1.41. The van der Waals surface area contributed by atoms with Crippen molar-refractivity contribution in [3.05, 3.63) is 16.6 Å².